The van der Waals surface area contributed by atoms with Gasteiger partial charge in [0.25, 0.3) is 5.91 Å². The summed E-state index contributed by atoms with van der Waals surface area (Å²) in [4.78, 5) is 22.7. The van der Waals surface area contributed by atoms with E-state index in [-0.39, 0.29) is 25.5 Å². The van der Waals surface area contributed by atoms with Crippen LogP contribution in [-0.4, -0.2) is 76.1 Å². The summed E-state index contributed by atoms with van der Waals surface area (Å²) in [5.41, 5.74) is 1.44. The van der Waals surface area contributed by atoms with Crippen molar-refractivity contribution in [2.24, 2.45) is 0 Å². The van der Waals surface area contributed by atoms with Crippen LogP contribution < -0.4 is 4.74 Å². The number of hydrogen-bond acceptors (Lipinski definition) is 7. The average Bonchev–Trinajstić information content (AvgIpc) is 2.76. The molecule has 1 amide bonds. The Morgan fingerprint density at radius 1 is 1.10 bits per heavy atom. The first kappa shape index (κ1) is 22.1. The van der Waals surface area contributed by atoms with E-state index in [1.54, 1.807) is 11.8 Å². The topological polar surface area (TPSA) is 105 Å². The molecular formula is C22H29N3O5. The first-order valence-corrected chi connectivity index (χ1v) is 10.3. The number of aromatic nitrogens is 2. The number of ether oxygens (including phenoxy) is 2. The van der Waals surface area contributed by atoms with Gasteiger partial charge in [-0.1, -0.05) is 18.2 Å². The number of rotatable bonds is 1. The normalized spacial score (nSPS) is 21.6. The van der Waals surface area contributed by atoms with Crippen molar-refractivity contribution in [1.29, 1.82) is 0 Å². The molecule has 0 bridgehead atoms. The van der Waals surface area contributed by atoms with Gasteiger partial charge >= 0.3 is 0 Å². The number of amides is 1. The van der Waals surface area contributed by atoms with Gasteiger partial charge in [0.1, 0.15) is 24.3 Å². The van der Waals surface area contributed by atoms with Crippen LogP contribution in [0.4, 0.5) is 0 Å². The average molecular weight is 415 g/mol. The summed E-state index contributed by atoms with van der Waals surface area (Å²) in [6, 6.07) is 7.81. The second-order valence-electron chi connectivity index (χ2n) is 7.37. The maximum atomic E-state index is 13.0. The molecule has 2 N–H and O–H groups in total. The van der Waals surface area contributed by atoms with Crippen LogP contribution in [0.3, 0.4) is 0 Å². The van der Waals surface area contributed by atoms with Crippen LogP contribution in [0, 0.1) is 6.92 Å². The number of carbonyl (C=O) groups excluding carboxylic acids is 1. The van der Waals surface area contributed by atoms with Crippen LogP contribution in [0.25, 0.3) is 0 Å². The van der Waals surface area contributed by atoms with Gasteiger partial charge in [-0.15, -0.1) is 0 Å². The molecule has 1 aromatic heterocycles. The number of carbonyl (C=O) groups is 1. The fraction of sp³-hybridized carbons (Fsp3) is 0.500. The van der Waals surface area contributed by atoms with Crippen LogP contribution in [0.2, 0.25) is 0 Å². The molecule has 0 unspecified atom stereocenters. The number of fused-ring (bicyclic) bond motifs is 1. The smallest absolute Gasteiger partial charge is 0.257 e. The Hall–Kier alpha value is -2.55. The van der Waals surface area contributed by atoms with Gasteiger partial charge < -0.3 is 24.6 Å². The highest BCUT2D eigenvalue weighted by atomic mass is 16.5. The molecule has 3 rings (SSSR count). The molecular weight excluding hydrogens is 386 g/mol. The number of nitrogens with zero attached hydrogens (tertiary/aromatic N) is 3. The van der Waals surface area contributed by atoms with Crippen LogP contribution in [0.5, 0.6) is 5.75 Å². The molecule has 2 atom stereocenters. The fourth-order valence-corrected chi connectivity index (χ4v) is 3.28. The van der Waals surface area contributed by atoms with E-state index in [1.165, 1.54) is 12.4 Å². The lowest BCUT2D eigenvalue weighted by Gasteiger charge is -2.25. The molecule has 0 radical (unpaired) electrons. The van der Waals surface area contributed by atoms with Crippen molar-refractivity contribution in [2.45, 2.75) is 38.4 Å². The Morgan fingerprint density at radius 2 is 1.87 bits per heavy atom. The highest BCUT2D eigenvalue weighted by molar-refractivity contribution is 5.93. The summed E-state index contributed by atoms with van der Waals surface area (Å²) >= 11 is 0. The van der Waals surface area contributed by atoms with Crippen molar-refractivity contribution in [3.05, 3.63) is 53.6 Å². The molecule has 30 heavy (non-hydrogen) atoms. The van der Waals surface area contributed by atoms with Gasteiger partial charge in [0.15, 0.2) is 0 Å². The SMILES string of the molecule is Cc1ncc(C(=O)N2CCOc3ccccc3CCCOC[C@@H](O)[C@@H](O)CC2)cn1. The molecule has 8 heteroatoms. The minimum Gasteiger partial charge on any atom is -0.491 e. The van der Waals surface area contributed by atoms with Gasteiger partial charge in [-0.3, -0.25) is 4.79 Å². The Kier molecular flexibility index (Phi) is 8.12. The molecule has 8 nitrogen and oxygen atoms in total. The van der Waals surface area contributed by atoms with Crippen molar-refractivity contribution in [3.8, 4) is 5.75 Å². The Morgan fingerprint density at radius 3 is 2.67 bits per heavy atom. The molecule has 2 aromatic rings. The number of aliphatic hydroxyl groups excluding tert-OH is 2. The maximum Gasteiger partial charge on any atom is 0.257 e. The van der Waals surface area contributed by atoms with Crippen molar-refractivity contribution >= 4 is 5.91 Å². The zero-order valence-electron chi connectivity index (χ0n) is 17.2. The van der Waals surface area contributed by atoms with Crippen LogP contribution in [-0.2, 0) is 11.2 Å². The summed E-state index contributed by atoms with van der Waals surface area (Å²) in [6.07, 6.45) is 2.78. The number of aliphatic hydroxyl groups is 2. The lowest BCUT2D eigenvalue weighted by atomic mass is 10.1. The Balaban J connectivity index is 1.75. The number of benzene rings is 1. The first-order chi connectivity index (χ1) is 14.5. The van der Waals surface area contributed by atoms with Gasteiger partial charge in [-0.2, -0.15) is 0 Å². The summed E-state index contributed by atoms with van der Waals surface area (Å²) in [6.45, 7) is 3.19. The number of para-hydroxylation sites is 1. The van der Waals surface area contributed by atoms with Crippen molar-refractivity contribution < 1.29 is 24.5 Å². The Bertz CT molecular complexity index is 815. The van der Waals surface area contributed by atoms with Gasteiger partial charge in [0.05, 0.1) is 24.8 Å². The molecule has 2 heterocycles. The molecule has 0 spiro atoms. The summed E-state index contributed by atoms with van der Waals surface area (Å²) in [5.74, 6) is 1.13. The van der Waals surface area contributed by atoms with E-state index in [0.29, 0.717) is 31.1 Å². The monoisotopic (exact) mass is 415 g/mol. The number of aryl methyl sites for hydroxylation is 2. The second kappa shape index (κ2) is 11.0. The standard InChI is InChI=1S/C22H29N3O5/c1-16-23-13-18(14-24-16)22(28)25-9-8-19(26)20(27)15-29-11-4-6-17-5-2-3-7-21(17)30-12-10-25/h2-3,5,7,13-14,19-20,26-27H,4,6,8-12,15H2,1H3/t19-,20+/m0/s1. The third-order valence-corrected chi connectivity index (χ3v) is 5.07. The highest BCUT2D eigenvalue weighted by Gasteiger charge is 2.22. The molecule has 0 saturated heterocycles. The minimum atomic E-state index is -1.00. The lowest BCUT2D eigenvalue weighted by molar-refractivity contribution is -0.0429. The zero-order valence-corrected chi connectivity index (χ0v) is 17.2. The third kappa shape index (κ3) is 6.22. The van der Waals surface area contributed by atoms with Crippen LogP contribution in [0.15, 0.2) is 36.7 Å². The largest absolute Gasteiger partial charge is 0.491 e. The number of hydrogen-bond donors (Lipinski definition) is 2. The predicted molar refractivity (Wildman–Crippen MR) is 110 cm³/mol. The van der Waals surface area contributed by atoms with Gasteiger partial charge in [0, 0.05) is 25.5 Å². The van der Waals surface area contributed by atoms with E-state index in [2.05, 4.69) is 9.97 Å². The van der Waals surface area contributed by atoms with Crippen LogP contribution in [0.1, 0.15) is 34.6 Å². The maximum absolute atomic E-state index is 13.0. The zero-order chi connectivity index (χ0) is 21.3. The quantitative estimate of drug-likeness (QED) is 0.725. The molecule has 162 valence electrons. The summed E-state index contributed by atoms with van der Waals surface area (Å²) in [7, 11) is 0. The molecule has 0 saturated carbocycles. The molecule has 1 aliphatic heterocycles. The molecule has 1 aromatic carbocycles. The lowest BCUT2D eigenvalue weighted by Crippen LogP contribution is -2.39. The van der Waals surface area contributed by atoms with E-state index in [1.807, 2.05) is 24.3 Å². The summed E-state index contributed by atoms with van der Waals surface area (Å²) < 4.78 is 11.5. The van der Waals surface area contributed by atoms with E-state index in [4.69, 9.17) is 9.47 Å². The molecule has 1 aliphatic rings. The van der Waals surface area contributed by atoms with Crippen LogP contribution >= 0.6 is 0 Å². The van der Waals surface area contributed by atoms with E-state index in [0.717, 1.165) is 24.2 Å². The van der Waals surface area contributed by atoms with Crippen molar-refractivity contribution in [3.63, 3.8) is 0 Å². The Labute approximate surface area is 176 Å². The third-order valence-electron chi connectivity index (χ3n) is 5.07. The molecule has 0 aliphatic carbocycles. The minimum absolute atomic E-state index is 0.0546. The van der Waals surface area contributed by atoms with E-state index >= 15 is 0 Å². The van der Waals surface area contributed by atoms with Gasteiger partial charge in [-0.25, -0.2) is 9.97 Å². The van der Waals surface area contributed by atoms with Crippen molar-refractivity contribution in [2.75, 3.05) is 32.9 Å². The second-order valence-corrected chi connectivity index (χ2v) is 7.37. The fourth-order valence-electron chi connectivity index (χ4n) is 3.28. The predicted octanol–water partition coefficient (Wildman–Crippen LogP) is 1.38. The summed E-state index contributed by atoms with van der Waals surface area (Å²) in [5, 5.41) is 20.4. The van der Waals surface area contributed by atoms with E-state index in [9.17, 15) is 15.0 Å². The highest BCUT2D eigenvalue weighted by Crippen LogP contribution is 2.20. The van der Waals surface area contributed by atoms with Gasteiger partial charge in [0.2, 0.25) is 0 Å². The van der Waals surface area contributed by atoms with Crippen molar-refractivity contribution in [1.82, 2.24) is 14.9 Å². The molecule has 0 fully saturated rings. The van der Waals surface area contributed by atoms with E-state index < -0.39 is 12.2 Å². The van der Waals surface area contributed by atoms with Gasteiger partial charge in [-0.05, 0) is 37.8 Å². The first-order valence-electron chi connectivity index (χ1n) is 10.3.